The zero-order valence-corrected chi connectivity index (χ0v) is 16.9. The van der Waals surface area contributed by atoms with Crippen LogP contribution in [-0.2, 0) is 4.79 Å². The highest BCUT2D eigenvalue weighted by atomic mass is 79.9. The topological polar surface area (TPSA) is 104 Å². The number of carbonyl (C=O) groups excluding carboxylic acids is 2. The quantitative estimate of drug-likeness (QED) is 0.530. The van der Waals surface area contributed by atoms with Gasteiger partial charge in [-0.2, -0.15) is 0 Å². The number of hydrogen-bond acceptors (Lipinski definition) is 5. The van der Waals surface area contributed by atoms with Gasteiger partial charge in [-0.25, -0.2) is 4.98 Å². The molecule has 2 aromatic carbocycles. The second-order valence-electron chi connectivity index (χ2n) is 5.96. The molecule has 0 bridgehead atoms. The number of primary amides is 1. The van der Waals surface area contributed by atoms with E-state index < -0.39 is 5.91 Å². The number of carbonyl (C=O) groups is 2. The maximum atomic E-state index is 12.5. The smallest absolute Gasteiger partial charge is 0.257 e. The minimum Gasteiger partial charge on any atom is -0.491 e. The van der Waals surface area contributed by atoms with Gasteiger partial charge in [0.15, 0.2) is 0 Å². The van der Waals surface area contributed by atoms with Gasteiger partial charge in [-0.1, -0.05) is 34.1 Å². The van der Waals surface area contributed by atoms with E-state index in [-0.39, 0.29) is 18.9 Å². The highest BCUT2D eigenvalue weighted by molar-refractivity contribution is 9.10. The number of pyridine rings is 1. The third kappa shape index (κ3) is 6.05. The molecule has 0 aliphatic heterocycles. The molecule has 0 unspecified atom stereocenters. The summed E-state index contributed by atoms with van der Waals surface area (Å²) in [5, 5.41) is 2.77. The average molecular weight is 456 g/mol. The standard InChI is InChI=1S/C21H18BrN3O4/c22-15-4-3-5-16(12-15)29-20-9-8-14(13-24-20)21(27)25-17-6-1-2-7-18(17)28-11-10-19(23)26/h1-9,12-13H,10-11H2,(H2,23,26)(H,25,27). The predicted octanol–water partition coefficient (Wildman–Crippen LogP) is 4.14. The molecule has 2 amide bonds. The lowest BCUT2D eigenvalue weighted by atomic mass is 10.2. The van der Waals surface area contributed by atoms with E-state index in [2.05, 4.69) is 26.2 Å². The van der Waals surface area contributed by atoms with E-state index in [0.717, 1.165) is 4.47 Å². The van der Waals surface area contributed by atoms with Crippen molar-refractivity contribution in [2.24, 2.45) is 5.73 Å². The number of anilines is 1. The Morgan fingerprint density at radius 1 is 1.07 bits per heavy atom. The van der Waals surface area contributed by atoms with Gasteiger partial charge in [0.05, 0.1) is 24.3 Å². The van der Waals surface area contributed by atoms with Crippen LogP contribution in [-0.4, -0.2) is 23.4 Å². The molecule has 3 N–H and O–H groups in total. The van der Waals surface area contributed by atoms with Gasteiger partial charge in [-0.3, -0.25) is 9.59 Å². The molecule has 0 aliphatic carbocycles. The lowest BCUT2D eigenvalue weighted by Crippen LogP contribution is -2.16. The molecule has 0 aliphatic rings. The van der Waals surface area contributed by atoms with Crippen LogP contribution in [0.4, 0.5) is 5.69 Å². The second kappa shape index (κ2) is 9.70. The molecule has 29 heavy (non-hydrogen) atoms. The third-order valence-electron chi connectivity index (χ3n) is 3.76. The van der Waals surface area contributed by atoms with Gasteiger partial charge in [0.25, 0.3) is 5.91 Å². The van der Waals surface area contributed by atoms with Crippen molar-refractivity contribution < 1.29 is 19.1 Å². The van der Waals surface area contributed by atoms with Crippen molar-refractivity contribution in [1.29, 1.82) is 0 Å². The Morgan fingerprint density at radius 2 is 1.90 bits per heavy atom. The molecule has 1 aromatic heterocycles. The van der Waals surface area contributed by atoms with Crippen LogP contribution in [0.1, 0.15) is 16.8 Å². The highest BCUT2D eigenvalue weighted by Gasteiger charge is 2.11. The van der Waals surface area contributed by atoms with Crippen LogP contribution in [0.25, 0.3) is 0 Å². The summed E-state index contributed by atoms with van der Waals surface area (Å²) in [6, 6.07) is 17.5. The van der Waals surface area contributed by atoms with Crippen LogP contribution in [0, 0.1) is 0 Å². The fraction of sp³-hybridized carbons (Fsp3) is 0.0952. The summed E-state index contributed by atoms with van der Waals surface area (Å²) in [5.41, 5.74) is 5.95. The monoisotopic (exact) mass is 455 g/mol. The Morgan fingerprint density at radius 3 is 2.62 bits per heavy atom. The van der Waals surface area contributed by atoms with Gasteiger partial charge < -0.3 is 20.5 Å². The minimum absolute atomic E-state index is 0.0889. The first-order valence-corrected chi connectivity index (χ1v) is 9.51. The summed E-state index contributed by atoms with van der Waals surface area (Å²) >= 11 is 3.38. The molecule has 0 spiro atoms. The first-order chi connectivity index (χ1) is 14.0. The van der Waals surface area contributed by atoms with Crippen molar-refractivity contribution in [3.05, 3.63) is 76.9 Å². The van der Waals surface area contributed by atoms with Crippen LogP contribution in [0.2, 0.25) is 0 Å². The number of benzene rings is 2. The van der Waals surface area contributed by atoms with E-state index in [4.69, 9.17) is 15.2 Å². The lowest BCUT2D eigenvalue weighted by Gasteiger charge is -2.12. The van der Waals surface area contributed by atoms with Crippen LogP contribution >= 0.6 is 15.9 Å². The molecule has 0 atom stereocenters. The van der Waals surface area contributed by atoms with Crippen molar-refractivity contribution in [1.82, 2.24) is 4.98 Å². The van der Waals surface area contributed by atoms with Crippen molar-refractivity contribution in [3.8, 4) is 17.4 Å². The second-order valence-corrected chi connectivity index (χ2v) is 6.88. The van der Waals surface area contributed by atoms with E-state index in [9.17, 15) is 9.59 Å². The fourth-order valence-corrected chi connectivity index (χ4v) is 2.76. The Kier molecular flexibility index (Phi) is 6.80. The number of nitrogens with two attached hydrogens (primary N) is 1. The zero-order chi connectivity index (χ0) is 20.6. The molecule has 0 saturated carbocycles. The molecule has 0 saturated heterocycles. The molecule has 148 valence electrons. The fourth-order valence-electron chi connectivity index (χ4n) is 2.38. The van der Waals surface area contributed by atoms with Crippen LogP contribution in [0.5, 0.6) is 17.4 Å². The first kappa shape index (κ1) is 20.3. The summed E-state index contributed by atoms with van der Waals surface area (Å²) in [6.45, 7) is 0.130. The summed E-state index contributed by atoms with van der Waals surface area (Å²) in [7, 11) is 0. The normalized spacial score (nSPS) is 10.2. The van der Waals surface area contributed by atoms with Gasteiger partial charge in [0, 0.05) is 16.7 Å². The number of nitrogens with one attached hydrogen (secondary N) is 1. The first-order valence-electron chi connectivity index (χ1n) is 8.72. The lowest BCUT2D eigenvalue weighted by molar-refractivity contribution is -0.118. The number of amides is 2. The number of hydrogen-bond donors (Lipinski definition) is 2. The van der Waals surface area contributed by atoms with Crippen molar-refractivity contribution in [2.75, 3.05) is 11.9 Å². The number of nitrogens with zero attached hydrogens (tertiary/aromatic N) is 1. The molecule has 3 aromatic rings. The zero-order valence-electron chi connectivity index (χ0n) is 15.3. The van der Waals surface area contributed by atoms with E-state index in [1.54, 1.807) is 36.4 Å². The van der Waals surface area contributed by atoms with Gasteiger partial charge in [0.2, 0.25) is 11.8 Å². The summed E-state index contributed by atoms with van der Waals surface area (Å²) in [5.74, 6) is 0.644. The van der Waals surface area contributed by atoms with Crippen molar-refractivity contribution in [3.63, 3.8) is 0 Å². The Hall–Kier alpha value is -3.39. The van der Waals surface area contributed by atoms with Crippen LogP contribution < -0.4 is 20.5 Å². The third-order valence-corrected chi connectivity index (χ3v) is 4.25. The van der Waals surface area contributed by atoms with Gasteiger partial charge in [0.1, 0.15) is 11.5 Å². The minimum atomic E-state index is -0.456. The average Bonchev–Trinajstić information content (AvgIpc) is 2.69. The van der Waals surface area contributed by atoms with E-state index in [1.807, 2.05) is 24.3 Å². The Balaban J connectivity index is 1.64. The van der Waals surface area contributed by atoms with Crippen LogP contribution in [0.15, 0.2) is 71.3 Å². The molecule has 1 heterocycles. The summed E-state index contributed by atoms with van der Waals surface area (Å²) in [6.07, 6.45) is 1.52. The van der Waals surface area contributed by atoms with Gasteiger partial charge in [-0.05, 0) is 36.4 Å². The molecule has 3 rings (SSSR count). The largest absolute Gasteiger partial charge is 0.491 e. The maximum absolute atomic E-state index is 12.5. The highest BCUT2D eigenvalue weighted by Crippen LogP contribution is 2.25. The van der Waals surface area contributed by atoms with E-state index in [0.29, 0.717) is 28.6 Å². The van der Waals surface area contributed by atoms with E-state index in [1.165, 1.54) is 6.20 Å². The van der Waals surface area contributed by atoms with Gasteiger partial charge in [-0.15, -0.1) is 0 Å². The molecule has 8 heteroatoms. The molecule has 0 radical (unpaired) electrons. The number of para-hydroxylation sites is 2. The SMILES string of the molecule is NC(=O)CCOc1ccccc1NC(=O)c1ccc(Oc2cccc(Br)c2)nc1. The Bertz CT molecular complexity index is 1010. The number of halogens is 1. The number of ether oxygens (including phenoxy) is 2. The maximum Gasteiger partial charge on any atom is 0.257 e. The summed E-state index contributed by atoms with van der Waals surface area (Å²) < 4.78 is 12.1. The van der Waals surface area contributed by atoms with Crippen LogP contribution in [0.3, 0.4) is 0 Å². The van der Waals surface area contributed by atoms with E-state index >= 15 is 0 Å². The molecule has 7 nitrogen and oxygen atoms in total. The number of aromatic nitrogens is 1. The predicted molar refractivity (Wildman–Crippen MR) is 112 cm³/mol. The molecule has 0 fully saturated rings. The van der Waals surface area contributed by atoms with Crippen molar-refractivity contribution in [2.45, 2.75) is 6.42 Å². The van der Waals surface area contributed by atoms with Crippen molar-refractivity contribution >= 4 is 33.4 Å². The Labute approximate surface area is 176 Å². The summed E-state index contributed by atoms with van der Waals surface area (Å²) in [4.78, 5) is 27.6. The number of rotatable bonds is 8. The van der Waals surface area contributed by atoms with Gasteiger partial charge >= 0.3 is 0 Å². The molecular weight excluding hydrogens is 438 g/mol. The molecular formula is C21H18BrN3O4.